The third-order valence-electron chi connectivity index (χ3n) is 2.34. The molecule has 2 atom stereocenters. The van der Waals surface area contributed by atoms with Gasteiger partial charge in [0.2, 0.25) is 0 Å². The first-order chi connectivity index (χ1) is 3.84. The molecule has 2 unspecified atom stereocenters. The Bertz CT molecular complexity index is 70.8. The van der Waals surface area contributed by atoms with Crippen LogP contribution in [0.15, 0.2) is 0 Å². The molecule has 0 aromatic rings. The van der Waals surface area contributed by atoms with Crippen LogP contribution in [-0.4, -0.2) is 7.85 Å². The van der Waals surface area contributed by atoms with E-state index in [0.29, 0.717) is 0 Å². The molecule has 1 rings (SSSR count). The molecule has 1 aliphatic carbocycles. The second-order valence-electron chi connectivity index (χ2n) is 2.90. The minimum absolute atomic E-state index is 0.843. The van der Waals surface area contributed by atoms with Crippen molar-refractivity contribution in [3.63, 3.8) is 0 Å². The van der Waals surface area contributed by atoms with Gasteiger partial charge < -0.3 is 0 Å². The van der Waals surface area contributed by atoms with E-state index in [9.17, 15) is 0 Å². The molecule has 1 aliphatic rings. The Morgan fingerprint density at radius 2 is 2.25 bits per heavy atom. The Kier molecular flexibility index (Phi) is 1.98. The number of hydrogen-bond donors (Lipinski definition) is 0. The van der Waals surface area contributed by atoms with Gasteiger partial charge in [-0.05, 0) is 11.8 Å². The molecule has 1 fully saturated rings. The summed E-state index contributed by atoms with van der Waals surface area (Å²) in [6.45, 7) is 2.31. The van der Waals surface area contributed by atoms with Crippen molar-refractivity contribution in [1.82, 2.24) is 0 Å². The molecule has 0 heterocycles. The topological polar surface area (TPSA) is 0 Å². The third-order valence-corrected chi connectivity index (χ3v) is 2.34. The van der Waals surface area contributed by atoms with Gasteiger partial charge in [-0.2, -0.15) is 0 Å². The van der Waals surface area contributed by atoms with Gasteiger partial charge in [-0.1, -0.05) is 32.5 Å². The van der Waals surface area contributed by atoms with Crippen molar-refractivity contribution in [1.29, 1.82) is 0 Å². The first-order valence-corrected chi connectivity index (χ1v) is 3.54. The number of hydrogen-bond acceptors (Lipinski definition) is 0. The van der Waals surface area contributed by atoms with E-state index in [1.54, 1.807) is 0 Å². The molecule has 0 nitrogen and oxygen atoms in total. The monoisotopic (exact) mass is 108 g/mol. The average molecular weight is 108 g/mol. The van der Waals surface area contributed by atoms with E-state index < -0.39 is 0 Å². The lowest BCUT2D eigenvalue weighted by Crippen LogP contribution is -2.01. The minimum atomic E-state index is 0.843. The van der Waals surface area contributed by atoms with Gasteiger partial charge in [0.05, 0.1) is 7.85 Å². The second-order valence-corrected chi connectivity index (χ2v) is 2.90. The maximum Gasteiger partial charge on any atom is 0.0656 e. The zero-order valence-corrected chi connectivity index (χ0v) is 5.56. The molecule has 0 N–H and O–H groups in total. The highest BCUT2D eigenvalue weighted by molar-refractivity contribution is 6.08. The first kappa shape index (κ1) is 6.19. The summed E-state index contributed by atoms with van der Waals surface area (Å²) in [6, 6.07) is 0. The lowest BCUT2D eigenvalue weighted by molar-refractivity contribution is 0.457. The normalized spacial score (nSPS) is 38.1. The fourth-order valence-electron chi connectivity index (χ4n) is 1.57. The zero-order chi connectivity index (χ0) is 5.98. The molecule has 0 aromatic heterocycles. The summed E-state index contributed by atoms with van der Waals surface area (Å²) in [6.07, 6.45) is 5.09. The van der Waals surface area contributed by atoms with Gasteiger partial charge in [0.25, 0.3) is 0 Å². The predicted molar refractivity (Wildman–Crippen MR) is 37.1 cm³/mol. The molecule has 0 spiro atoms. The maximum atomic E-state index is 5.52. The highest BCUT2D eigenvalue weighted by Crippen LogP contribution is 2.32. The summed E-state index contributed by atoms with van der Waals surface area (Å²) in [5, 5.41) is 0. The molecular weight excluding hydrogens is 94.9 g/mol. The fraction of sp³-hybridized carbons (Fsp3) is 1.00. The van der Waals surface area contributed by atoms with Crippen molar-refractivity contribution in [2.24, 2.45) is 11.8 Å². The van der Waals surface area contributed by atoms with Crippen LogP contribution in [0.1, 0.15) is 26.2 Å². The summed E-state index contributed by atoms with van der Waals surface area (Å²) in [5.74, 6) is 1.75. The van der Waals surface area contributed by atoms with E-state index in [0.717, 1.165) is 18.2 Å². The van der Waals surface area contributed by atoms with Crippen LogP contribution < -0.4 is 0 Å². The highest BCUT2D eigenvalue weighted by Gasteiger charge is 2.20. The van der Waals surface area contributed by atoms with Gasteiger partial charge in [-0.25, -0.2) is 0 Å². The van der Waals surface area contributed by atoms with Gasteiger partial charge in [-0.3, -0.25) is 0 Å². The lowest BCUT2D eigenvalue weighted by Gasteiger charge is -2.10. The van der Waals surface area contributed by atoms with Crippen LogP contribution in [0.5, 0.6) is 0 Å². The van der Waals surface area contributed by atoms with E-state index in [4.69, 9.17) is 7.85 Å². The van der Waals surface area contributed by atoms with Crippen molar-refractivity contribution in [2.75, 3.05) is 0 Å². The zero-order valence-electron chi connectivity index (χ0n) is 5.56. The van der Waals surface area contributed by atoms with Crippen molar-refractivity contribution >= 4 is 7.85 Å². The summed E-state index contributed by atoms with van der Waals surface area (Å²) in [4.78, 5) is 0. The molecule has 0 bridgehead atoms. The molecule has 0 aliphatic heterocycles. The van der Waals surface area contributed by atoms with Crippen LogP contribution in [0.4, 0.5) is 0 Å². The minimum Gasteiger partial charge on any atom is -0.0857 e. The first-order valence-electron chi connectivity index (χ1n) is 3.54. The van der Waals surface area contributed by atoms with Crippen molar-refractivity contribution in [3.05, 3.63) is 0 Å². The summed E-state index contributed by atoms with van der Waals surface area (Å²) in [7, 11) is 5.52. The van der Waals surface area contributed by atoms with Crippen LogP contribution in [0.2, 0.25) is 6.32 Å². The quantitative estimate of drug-likeness (QED) is 0.450. The van der Waals surface area contributed by atoms with Gasteiger partial charge in [-0.15, -0.1) is 0 Å². The molecule has 44 valence electrons. The molecule has 1 saturated carbocycles. The summed E-state index contributed by atoms with van der Waals surface area (Å²) < 4.78 is 0. The predicted octanol–water partition coefficient (Wildman–Crippen LogP) is 2.01. The van der Waals surface area contributed by atoms with E-state index in [1.807, 2.05) is 0 Å². The SMILES string of the molecule is [B]CC1CCCC1C. The molecule has 1 heteroatoms. The fourth-order valence-corrected chi connectivity index (χ4v) is 1.57. The second kappa shape index (κ2) is 2.57. The van der Waals surface area contributed by atoms with Gasteiger partial charge in [0.15, 0.2) is 0 Å². The van der Waals surface area contributed by atoms with Crippen molar-refractivity contribution in [2.45, 2.75) is 32.5 Å². The van der Waals surface area contributed by atoms with E-state index in [2.05, 4.69) is 6.92 Å². The molecule has 0 aromatic carbocycles. The van der Waals surface area contributed by atoms with Crippen molar-refractivity contribution in [3.8, 4) is 0 Å². The molecule has 0 saturated heterocycles. The Balaban J connectivity index is 2.30. The standard InChI is InChI=1S/C7H13B/c1-6-3-2-4-7(6)5-8/h6-7H,2-5H2,1H3. The lowest BCUT2D eigenvalue weighted by atomic mass is 9.85. The Morgan fingerprint density at radius 3 is 2.50 bits per heavy atom. The Morgan fingerprint density at radius 1 is 1.50 bits per heavy atom. The maximum absolute atomic E-state index is 5.52. The third kappa shape index (κ3) is 1.07. The van der Waals surface area contributed by atoms with E-state index in [1.165, 1.54) is 19.3 Å². The Labute approximate surface area is 53.1 Å². The van der Waals surface area contributed by atoms with Crippen molar-refractivity contribution < 1.29 is 0 Å². The largest absolute Gasteiger partial charge is 0.0857 e. The van der Waals surface area contributed by atoms with Crippen LogP contribution in [-0.2, 0) is 0 Å². The summed E-state index contributed by atoms with van der Waals surface area (Å²) in [5.41, 5.74) is 0. The van der Waals surface area contributed by atoms with Gasteiger partial charge >= 0.3 is 0 Å². The highest BCUT2D eigenvalue weighted by atomic mass is 14.2. The Hall–Kier alpha value is 0.0649. The van der Waals surface area contributed by atoms with E-state index in [-0.39, 0.29) is 0 Å². The summed E-state index contributed by atoms with van der Waals surface area (Å²) >= 11 is 0. The number of rotatable bonds is 1. The smallest absolute Gasteiger partial charge is 0.0656 e. The van der Waals surface area contributed by atoms with Gasteiger partial charge in [0, 0.05) is 0 Å². The molecule has 0 amide bonds. The molecule has 2 radical (unpaired) electrons. The van der Waals surface area contributed by atoms with Crippen LogP contribution in [0, 0.1) is 11.8 Å². The average Bonchev–Trinajstić information content (AvgIpc) is 2.14. The van der Waals surface area contributed by atoms with Crippen LogP contribution >= 0.6 is 0 Å². The van der Waals surface area contributed by atoms with E-state index >= 15 is 0 Å². The molecular formula is C7H13B. The van der Waals surface area contributed by atoms with Crippen LogP contribution in [0.3, 0.4) is 0 Å². The van der Waals surface area contributed by atoms with Crippen LogP contribution in [0.25, 0.3) is 0 Å². The van der Waals surface area contributed by atoms with Gasteiger partial charge in [0.1, 0.15) is 0 Å². The molecule has 8 heavy (non-hydrogen) atoms.